The minimum Gasteiger partial charge on any atom is -0.507 e. The third-order valence-electron chi connectivity index (χ3n) is 5.93. The number of benzene rings is 2. The molecule has 0 radical (unpaired) electrons. The summed E-state index contributed by atoms with van der Waals surface area (Å²) in [4.78, 5) is 5.21. The van der Waals surface area contributed by atoms with Crippen molar-refractivity contribution in [3.63, 3.8) is 0 Å². The summed E-state index contributed by atoms with van der Waals surface area (Å²) in [5.74, 6) is 0.456. The van der Waals surface area contributed by atoms with Gasteiger partial charge in [0, 0.05) is 31.2 Å². The Morgan fingerprint density at radius 3 is 2.64 bits per heavy atom. The fraction of sp³-hybridized carbons (Fsp3) is 0.520. The van der Waals surface area contributed by atoms with Crippen molar-refractivity contribution in [2.75, 3.05) is 19.6 Å². The topological polar surface area (TPSA) is 26.7 Å². The zero-order valence-electron chi connectivity index (χ0n) is 17.8. The second-order valence-electron chi connectivity index (χ2n) is 8.43. The molecule has 1 fully saturated rings. The van der Waals surface area contributed by atoms with Gasteiger partial charge in [-0.25, -0.2) is 0 Å². The summed E-state index contributed by atoms with van der Waals surface area (Å²) >= 11 is 0. The van der Waals surface area contributed by atoms with Gasteiger partial charge in [-0.1, -0.05) is 61.4 Å². The minimum absolute atomic E-state index is 0.456. The summed E-state index contributed by atoms with van der Waals surface area (Å²) in [6.07, 6.45) is 5.14. The molecular weight excluding hydrogens is 344 g/mol. The maximum atomic E-state index is 10.6. The minimum atomic E-state index is 0.456. The Kier molecular flexibility index (Phi) is 7.52. The first-order valence-electron chi connectivity index (χ1n) is 10.9. The highest BCUT2D eigenvalue weighted by atomic mass is 16.3. The van der Waals surface area contributed by atoms with Crippen molar-refractivity contribution in [3.8, 4) is 5.75 Å². The summed E-state index contributed by atoms with van der Waals surface area (Å²) in [5, 5.41) is 10.6. The summed E-state index contributed by atoms with van der Waals surface area (Å²) in [7, 11) is 0. The maximum Gasteiger partial charge on any atom is 0.122 e. The Morgan fingerprint density at radius 2 is 1.89 bits per heavy atom. The van der Waals surface area contributed by atoms with Gasteiger partial charge < -0.3 is 5.11 Å². The van der Waals surface area contributed by atoms with Gasteiger partial charge in [-0.2, -0.15) is 0 Å². The number of phenolic OH excluding ortho intramolecular Hbond substituents is 1. The number of aromatic hydroxyl groups is 1. The van der Waals surface area contributed by atoms with E-state index in [0.29, 0.717) is 11.8 Å². The van der Waals surface area contributed by atoms with Crippen molar-refractivity contribution in [1.82, 2.24) is 9.80 Å². The number of hydrogen-bond donors (Lipinski definition) is 1. The summed E-state index contributed by atoms with van der Waals surface area (Å²) in [5.41, 5.74) is 4.58. The highest BCUT2D eigenvalue weighted by Crippen LogP contribution is 2.27. The zero-order chi connectivity index (χ0) is 19.9. The molecule has 28 heavy (non-hydrogen) atoms. The van der Waals surface area contributed by atoms with Crippen molar-refractivity contribution in [2.24, 2.45) is 0 Å². The number of unbranched alkanes of at least 4 members (excludes halogenated alkanes) is 1. The van der Waals surface area contributed by atoms with E-state index in [9.17, 15) is 5.11 Å². The standard InChI is InChI=1S/C25H36N2O/c1-4-5-13-27-14-9-12-24(27)19-26(17-22-10-7-6-8-11-22)18-23-16-20(2)15-21(3)25(23)28/h6-8,10-11,15-16,24,28H,4-5,9,12-14,17-19H2,1-3H3/t24-/m0/s1. The Morgan fingerprint density at radius 1 is 1.11 bits per heavy atom. The summed E-state index contributed by atoms with van der Waals surface area (Å²) in [6.45, 7) is 11.6. The second-order valence-corrected chi connectivity index (χ2v) is 8.43. The Labute approximate surface area is 171 Å². The molecule has 0 spiro atoms. The lowest BCUT2D eigenvalue weighted by Gasteiger charge is -2.31. The van der Waals surface area contributed by atoms with Crippen LogP contribution >= 0.6 is 0 Å². The third-order valence-corrected chi connectivity index (χ3v) is 5.93. The average molecular weight is 381 g/mol. The van der Waals surface area contributed by atoms with Gasteiger partial charge in [0.2, 0.25) is 0 Å². The Bertz CT molecular complexity index is 744. The van der Waals surface area contributed by atoms with Gasteiger partial charge in [0.25, 0.3) is 0 Å². The van der Waals surface area contributed by atoms with Gasteiger partial charge in [0.05, 0.1) is 0 Å². The molecule has 1 aliphatic rings. The fourth-order valence-corrected chi connectivity index (χ4v) is 4.49. The molecular formula is C25H36N2O. The number of likely N-dealkylation sites (tertiary alicyclic amines) is 1. The molecule has 1 atom stereocenters. The summed E-state index contributed by atoms with van der Waals surface area (Å²) < 4.78 is 0. The van der Waals surface area contributed by atoms with Crippen molar-refractivity contribution in [1.29, 1.82) is 0 Å². The Hall–Kier alpha value is -1.84. The monoisotopic (exact) mass is 380 g/mol. The van der Waals surface area contributed by atoms with E-state index >= 15 is 0 Å². The predicted molar refractivity (Wildman–Crippen MR) is 118 cm³/mol. The zero-order valence-corrected chi connectivity index (χ0v) is 17.8. The van der Waals surface area contributed by atoms with Crippen molar-refractivity contribution < 1.29 is 5.11 Å². The van der Waals surface area contributed by atoms with E-state index in [2.05, 4.69) is 66.1 Å². The highest BCUT2D eigenvalue weighted by Gasteiger charge is 2.26. The van der Waals surface area contributed by atoms with Crippen molar-refractivity contribution >= 4 is 0 Å². The van der Waals surface area contributed by atoms with E-state index in [-0.39, 0.29) is 0 Å². The molecule has 1 saturated heterocycles. The highest BCUT2D eigenvalue weighted by molar-refractivity contribution is 5.42. The largest absolute Gasteiger partial charge is 0.507 e. The van der Waals surface area contributed by atoms with Crippen LogP contribution in [0.5, 0.6) is 5.75 Å². The van der Waals surface area contributed by atoms with Gasteiger partial charge in [-0.3, -0.25) is 9.80 Å². The first-order chi connectivity index (χ1) is 13.6. The summed E-state index contributed by atoms with van der Waals surface area (Å²) in [6, 6.07) is 15.6. The first-order valence-corrected chi connectivity index (χ1v) is 10.9. The van der Waals surface area contributed by atoms with Gasteiger partial charge >= 0.3 is 0 Å². The molecule has 0 saturated carbocycles. The molecule has 152 valence electrons. The fourth-order valence-electron chi connectivity index (χ4n) is 4.49. The molecule has 2 aromatic rings. The van der Waals surface area contributed by atoms with Crippen LogP contribution in [0.3, 0.4) is 0 Å². The van der Waals surface area contributed by atoms with Crippen LogP contribution in [-0.2, 0) is 13.1 Å². The molecule has 0 unspecified atom stereocenters. The quantitative estimate of drug-likeness (QED) is 0.641. The van der Waals surface area contributed by atoms with E-state index in [1.165, 1.54) is 49.9 Å². The molecule has 1 N–H and O–H groups in total. The number of hydrogen-bond acceptors (Lipinski definition) is 3. The average Bonchev–Trinajstić information content (AvgIpc) is 3.11. The molecule has 1 aliphatic heterocycles. The van der Waals surface area contributed by atoms with Gasteiger partial charge in [0.15, 0.2) is 0 Å². The van der Waals surface area contributed by atoms with Gasteiger partial charge in [0.1, 0.15) is 5.75 Å². The first kappa shape index (κ1) is 20.9. The molecule has 1 heterocycles. The molecule has 3 nitrogen and oxygen atoms in total. The van der Waals surface area contributed by atoms with E-state index in [1.807, 2.05) is 6.92 Å². The van der Waals surface area contributed by atoms with Crippen LogP contribution in [0, 0.1) is 13.8 Å². The molecule has 3 rings (SSSR count). The van der Waals surface area contributed by atoms with Crippen molar-refractivity contribution in [3.05, 3.63) is 64.7 Å². The van der Waals surface area contributed by atoms with Crippen LogP contribution in [-0.4, -0.2) is 40.6 Å². The number of nitrogens with zero attached hydrogens (tertiary/aromatic N) is 2. The molecule has 0 aliphatic carbocycles. The van der Waals surface area contributed by atoms with E-state index < -0.39 is 0 Å². The van der Waals surface area contributed by atoms with E-state index in [0.717, 1.165) is 30.8 Å². The molecule has 0 aromatic heterocycles. The third kappa shape index (κ3) is 5.59. The van der Waals surface area contributed by atoms with Gasteiger partial charge in [-0.05, 0) is 57.3 Å². The van der Waals surface area contributed by atoms with E-state index in [4.69, 9.17) is 0 Å². The van der Waals surface area contributed by atoms with Crippen LogP contribution in [0.15, 0.2) is 42.5 Å². The molecule has 3 heteroatoms. The number of phenols is 1. The van der Waals surface area contributed by atoms with Crippen LogP contribution in [0.4, 0.5) is 0 Å². The molecule has 2 aromatic carbocycles. The lowest BCUT2D eigenvalue weighted by atomic mass is 10.0. The lowest BCUT2D eigenvalue weighted by Crippen LogP contribution is -2.40. The van der Waals surface area contributed by atoms with Crippen LogP contribution in [0.2, 0.25) is 0 Å². The SMILES string of the molecule is CCCCN1CCC[C@H]1CN(Cc1ccccc1)Cc1cc(C)cc(C)c1O. The predicted octanol–water partition coefficient (Wildman–Crippen LogP) is 5.28. The Balaban J connectivity index is 1.77. The van der Waals surface area contributed by atoms with Crippen LogP contribution in [0.1, 0.15) is 54.9 Å². The smallest absolute Gasteiger partial charge is 0.122 e. The van der Waals surface area contributed by atoms with E-state index in [1.54, 1.807) is 0 Å². The van der Waals surface area contributed by atoms with Gasteiger partial charge in [-0.15, -0.1) is 0 Å². The molecule has 0 bridgehead atoms. The normalized spacial score (nSPS) is 17.5. The number of aryl methyl sites for hydroxylation is 2. The second kappa shape index (κ2) is 10.1. The van der Waals surface area contributed by atoms with Crippen molar-refractivity contribution in [2.45, 2.75) is 65.6 Å². The lowest BCUT2D eigenvalue weighted by molar-refractivity contribution is 0.159. The maximum absolute atomic E-state index is 10.6. The van der Waals surface area contributed by atoms with Crippen LogP contribution in [0.25, 0.3) is 0 Å². The molecule has 0 amide bonds. The number of rotatable bonds is 9. The van der Waals surface area contributed by atoms with Crippen LogP contribution < -0.4 is 0 Å².